The Morgan fingerprint density at radius 1 is 1.33 bits per heavy atom. The molecule has 1 rings (SSSR count). The van der Waals surface area contributed by atoms with E-state index >= 15 is 0 Å². The van der Waals surface area contributed by atoms with Crippen molar-refractivity contribution >= 4 is 0 Å². The van der Waals surface area contributed by atoms with E-state index in [0.717, 1.165) is 12.8 Å². The van der Waals surface area contributed by atoms with E-state index in [9.17, 15) is 5.11 Å². The lowest BCUT2D eigenvalue weighted by Crippen LogP contribution is -2.35. The van der Waals surface area contributed by atoms with Crippen LogP contribution < -0.4 is 0 Å². The van der Waals surface area contributed by atoms with Gasteiger partial charge in [-0.15, -0.1) is 0 Å². The summed E-state index contributed by atoms with van der Waals surface area (Å²) in [6, 6.07) is 0. The van der Waals surface area contributed by atoms with Crippen molar-refractivity contribution in [3.63, 3.8) is 0 Å². The van der Waals surface area contributed by atoms with Crippen molar-refractivity contribution in [2.75, 3.05) is 0 Å². The predicted molar refractivity (Wildman–Crippen MR) is 35.2 cm³/mol. The van der Waals surface area contributed by atoms with Crippen molar-refractivity contribution in [1.29, 1.82) is 0 Å². The molecule has 0 aromatic heterocycles. The maximum absolute atomic E-state index is 9.17. The van der Waals surface area contributed by atoms with E-state index < -0.39 is 0 Å². The number of aliphatic hydroxyl groups excluding tert-OH is 1. The summed E-state index contributed by atoms with van der Waals surface area (Å²) < 4.78 is 5.35. The van der Waals surface area contributed by atoms with Crippen molar-refractivity contribution in [2.24, 2.45) is 0 Å². The Balaban J connectivity index is 2.35. The Kier molecular flexibility index (Phi) is 2.09. The van der Waals surface area contributed by atoms with Crippen LogP contribution in [0, 0.1) is 0 Å². The molecule has 0 aliphatic carbocycles. The predicted octanol–water partition coefficient (Wildman–Crippen LogP) is 0.935. The first-order valence-electron chi connectivity index (χ1n) is 3.53. The van der Waals surface area contributed by atoms with Crippen molar-refractivity contribution in [3.05, 3.63) is 0 Å². The molecule has 3 atom stereocenters. The van der Waals surface area contributed by atoms with Gasteiger partial charge in [0.1, 0.15) is 0 Å². The largest absolute Gasteiger partial charge is 0.390 e. The Bertz CT molecular complexity index is 92.9. The molecule has 2 heteroatoms. The van der Waals surface area contributed by atoms with Gasteiger partial charge in [-0.2, -0.15) is 0 Å². The lowest BCUT2D eigenvalue weighted by molar-refractivity contribution is -0.101. The second kappa shape index (κ2) is 2.67. The standard InChI is InChI=1S/C7H14O2/c1-5-3-4-7(8)6(2)9-5/h5-8H,3-4H2,1-2H3/t5?,6-,7?/m1/s1. The number of aliphatic hydroxyl groups is 1. The molecule has 1 aliphatic heterocycles. The molecule has 1 aliphatic rings. The molecule has 1 fully saturated rings. The summed E-state index contributed by atoms with van der Waals surface area (Å²) in [5.74, 6) is 0. The van der Waals surface area contributed by atoms with E-state index in [1.54, 1.807) is 0 Å². The second-order valence-electron chi connectivity index (χ2n) is 2.80. The van der Waals surface area contributed by atoms with Crippen LogP contribution in [0.2, 0.25) is 0 Å². The summed E-state index contributed by atoms with van der Waals surface area (Å²) >= 11 is 0. The Morgan fingerprint density at radius 2 is 2.00 bits per heavy atom. The van der Waals surface area contributed by atoms with Gasteiger partial charge in [-0.25, -0.2) is 0 Å². The van der Waals surface area contributed by atoms with E-state index in [1.807, 2.05) is 13.8 Å². The minimum Gasteiger partial charge on any atom is -0.390 e. The fraction of sp³-hybridized carbons (Fsp3) is 1.00. The van der Waals surface area contributed by atoms with E-state index in [2.05, 4.69) is 0 Å². The third-order valence-electron chi connectivity index (χ3n) is 1.86. The Labute approximate surface area is 55.8 Å². The van der Waals surface area contributed by atoms with Gasteiger partial charge in [-0.3, -0.25) is 0 Å². The molecule has 0 bridgehead atoms. The molecule has 54 valence electrons. The summed E-state index contributed by atoms with van der Waals surface area (Å²) in [5, 5.41) is 9.17. The average Bonchev–Trinajstić information content (AvgIpc) is 1.80. The molecular formula is C7H14O2. The molecule has 2 nitrogen and oxygen atoms in total. The topological polar surface area (TPSA) is 29.5 Å². The number of hydrogen-bond donors (Lipinski definition) is 1. The van der Waals surface area contributed by atoms with Crippen LogP contribution in [-0.4, -0.2) is 23.4 Å². The SMILES string of the molecule is CC1CCC(O)[C@@H](C)O1. The summed E-state index contributed by atoms with van der Waals surface area (Å²) in [6.45, 7) is 3.96. The van der Waals surface area contributed by atoms with Crippen LogP contribution in [0.25, 0.3) is 0 Å². The number of rotatable bonds is 0. The van der Waals surface area contributed by atoms with Gasteiger partial charge in [0.25, 0.3) is 0 Å². The van der Waals surface area contributed by atoms with Crippen molar-refractivity contribution in [3.8, 4) is 0 Å². The van der Waals surface area contributed by atoms with Gasteiger partial charge < -0.3 is 9.84 Å². The highest BCUT2D eigenvalue weighted by Gasteiger charge is 2.23. The molecule has 0 saturated carbocycles. The summed E-state index contributed by atoms with van der Waals surface area (Å²) in [5.41, 5.74) is 0. The van der Waals surface area contributed by atoms with E-state index in [4.69, 9.17) is 4.74 Å². The van der Waals surface area contributed by atoms with Gasteiger partial charge >= 0.3 is 0 Å². The molecular weight excluding hydrogens is 116 g/mol. The minimum absolute atomic E-state index is 0.0359. The zero-order chi connectivity index (χ0) is 6.85. The lowest BCUT2D eigenvalue weighted by atomic mass is 10.0. The van der Waals surface area contributed by atoms with Gasteiger partial charge in [0.05, 0.1) is 18.3 Å². The fourth-order valence-corrected chi connectivity index (χ4v) is 1.17. The molecule has 0 aromatic rings. The van der Waals surface area contributed by atoms with Crippen LogP contribution in [0.1, 0.15) is 26.7 Å². The van der Waals surface area contributed by atoms with Crippen LogP contribution in [-0.2, 0) is 4.74 Å². The maximum Gasteiger partial charge on any atom is 0.0809 e. The van der Waals surface area contributed by atoms with Crippen LogP contribution in [0.3, 0.4) is 0 Å². The normalized spacial score (nSPS) is 45.0. The van der Waals surface area contributed by atoms with Crippen LogP contribution >= 0.6 is 0 Å². The quantitative estimate of drug-likeness (QED) is 0.528. The number of hydrogen-bond acceptors (Lipinski definition) is 2. The van der Waals surface area contributed by atoms with Gasteiger partial charge in [0, 0.05) is 0 Å². The molecule has 2 unspecified atom stereocenters. The Morgan fingerprint density at radius 3 is 2.44 bits per heavy atom. The summed E-state index contributed by atoms with van der Waals surface area (Å²) in [7, 11) is 0. The molecule has 9 heavy (non-hydrogen) atoms. The van der Waals surface area contributed by atoms with Crippen molar-refractivity contribution in [2.45, 2.75) is 45.0 Å². The molecule has 0 amide bonds. The smallest absolute Gasteiger partial charge is 0.0809 e. The van der Waals surface area contributed by atoms with E-state index in [-0.39, 0.29) is 12.2 Å². The first-order chi connectivity index (χ1) is 4.20. The maximum atomic E-state index is 9.17. The third kappa shape index (κ3) is 1.66. The van der Waals surface area contributed by atoms with Gasteiger partial charge in [-0.1, -0.05) is 0 Å². The molecule has 0 radical (unpaired) electrons. The van der Waals surface area contributed by atoms with Crippen LogP contribution in [0.4, 0.5) is 0 Å². The summed E-state index contributed by atoms with van der Waals surface area (Å²) in [6.07, 6.45) is 2.02. The summed E-state index contributed by atoms with van der Waals surface area (Å²) in [4.78, 5) is 0. The third-order valence-corrected chi connectivity index (χ3v) is 1.86. The van der Waals surface area contributed by atoms with Crippen LogP contribution in [0.15, 0.2) is 0 Å². The van der Waals surface area contributed by atoms with Crippen LogP contribution in [0.5, 0.6) is 0 Å². The molecule has 1 N–H and O–H groups in total. The van der Waals surface area contributed by atoms with Gasteiger partial charge in [0.2, 0.25) is 0 Å². The average molecular weight is 130 g/mol. The first kappa shape index (κ1) is 7.03. The first-order valence-corrected chi connectivity index (χ1v) is 3.53. The second-order valence-corrected chi connectivity index (χ2v) is 2.80. The fourth-order valence-electron chi connectivity index (χ4n) is 1.17. The van der Waals surface area contributed by atoms with Gasteiger partial charge in [0.15, 0.2) is 0 Å². The zero-order valence-corrected chi connectivity index (χ0v) is 6.00. The highest BCUT2D eigenvalue weighted by atomic mass is 16.5. The monoisotopic (exact) mass is 130 g/mol. The molecule has 0 aromatic carbocycles. The van der Waals surface area contributed by atoms with Gasteiger partial charge in [-0.05, 0) is 26.7 Å². The van der Waals surface area contributed by atoms with Crippen molar-refractivity contribution in [1.82, 2.24) is 0 Å². The molecule has 0 spiro atoms. The number of ether oxygens (including phenoxy) is 1. The molecule has 1 saturated heterocycles. The van der Waals surface area contributed by atoms with Crippen molar-refractivity contribution < 1.29 is 9.84 Å². The Hall–Kier alpha value is -0.0800. The molecule has 1 heterocycles. The highest BCUT2D eigenvalue weighted by molar-refractivity contribution is 4.72. The lowest BCUT2D eigenvalue weighted by Gasteiger charge is -2.29. The van der Waals surface area contributed by atoms with E-state index in [1.165, 1.54) is 0 Å². The zero-order valence-electron chi connectivity index (χ0n) is 6.00. The highest BCUT2D eigenvalue weighted by Crippen LogP contribution is 2.18. The minimum atomic E-state index is -0.235. The van der Waals surface area contributed by atoms with E-state index in [0.29, 0.717) is 6.10 Å².